The largest absolute Gasteiger partial charge is 0.456 e. The van der Waals surface area contributed by atoms with Crippen molar-refractivity contribution in [2.24, 2.45) is 0 Å². The molecule has 0 aliphatic heterocycles. The van der Waals surface area contributed by atoms with Gasteiger partial charge in [0.1, 0.15) is 22.3 Å². The number of allylic oxidation sites excluding steroid dienone is 5. The van der Waals surface area contributed by atoms with Crippen LogP contribution < -0.4 is 4.90 Å². The van der Waals surface area contributed by atoms with Gasteiger partial charge >= 0.3 is 0 Å². The van der Waals surface area contributed by atoms with E-state index in [-0.39, 0.29) is 17.4 Å². The molecule has 0 N–H and O–H groups in total. The van der Waals surface area contributed by atoms with Gasteiger partial charge in [-0.25, -0.2) is 0 Å². The second-order valence-corrected chi connectivity index (χ2v) is 18.5. The van der Waals surface area contributed by atoms with E-state index in [1.54, 1.807) is 0 Å². The third kappa shape index (κ3) is 5.15. The summed E-state index contributed by atoms with van der Waals surface area (Å²) in [6.45, 7) is 4.87. The van der Waals surface area contributed by atoms with Crippen LogP contribution in [0.2, 0.25) is 0 Å². The standard InChI is InChI=1S/C57H41NO2S/c1-57(2)48-32-31-46-43-13-5-8-20-52(43)61-56(46)53(48)47-30-29-38(33-49(47)57)58(36-25-21-34(22-26-36)39-14-9-16-44-41-11-3-6-18-50(41)59-54(39)44)37-27-23-35(24-28-37)40-15-10-17-45-42-12-4-7-19-51(42)60-55(40)45/h3-23,25-32,35,38H,24,33H2,1-2H3. The van der Waals surface area contributed by atoms with Crippen LogP contribution in [0.4, 0.5) is 5.69 Å². The van der Waals surface area contributed by atoms with Gasteiger partial charge in [-0.05, 0) is 71.5 Å². The Morgan fingerprint density at radius 1 is 0.607 bits per heavy atom. The van der Waals surface area contributed by atoms with Crippen molar-refractivity contribution in [1.82, 2.24) is 0 Å². The SMILES string of the molecule is CC1(C)C2=C(C=CC(N(C3=CCC(c4cccc5c4oc4ccccc45)C=C3)c3ccc(-c4cccc5c4oc4ccccc45)cc3)C2)c2c1ccc1c2sc2ccccc21. The number of rotatable bonds is 5. The quantitative estimate of drug-likeness (QED) is 0.174. The zero-order chi connectivity index (χ0) is 40.4. The maximum Gasteiger partial charge on any atom is 0.143 e. The summed E-state index contributed by atoms with van der Waals surface area (Å²) in [5.74, 6) is 0.213. The summed E-state index contributed by atoms with van der Waals surface area (Å²) < 4.78 is 15.8. The van der Waals surface area contributed by atoms with E-state index >= 15 is 0 Å². The van der Waals surface area contributed by atoms with Crippen LogP contribution in [0.5, 0.6) is 0 Å². The van der Waals surface area contributed by atoms with E-state index in [1.165, 1.54) is 70.2 Å². The van der Waals surface area contributed by atoms with Crippen LogP contribution in [0.25, 0.3) is 80.7 Å². The fraction of sp³-hybridized carbons (Fsp3) is 0.123. The summed E-state index contributed by atoms with van der Waals surface area (Å²) >= 11 is 1.94. The number of para-hydroxylation sites is 4. The van der Waals surface area contributed by atoms with Gasteiger partial charge in [0.25, 0.3) is 0 Å². The summed E-state index contributed by atoms with van der Waals surface area (Å²) in [6.07, 6.45) is 13.9. The van der Waals surface area contributed by atoms with Crippen molar-refractivity contribution < 1.29 is 8.83 Å². The van der Waals surface area contributed by atoms with Crippen LogP contribution in [0.15, 0.2) is 196 Å². The Morgan fingerprint density at radius 2 is 1.30 bits per heavy atom. The maximum atomic E-state index is 6.51. The first-order valence-corrected chi connectivity index (χ1v) is 22.3. The van der Waals surface area contributed by atoms with Crippen molar-refractivity contribution in [1.29, 1.82) is 0 Å². The van der Waals surface area contributed by atoms with Crippen LogP contribution in [-0.2, 0) is 5.41 Å². The Labute approximate surface area is 357 Å². The first-order chi connectivity index (χ1) is 30.0. The molecular weight excluding hydrogens is 763 g/mol. The molecule has 3 heterocycles. The normalized spacial score (nSPS) is 18.2. The van der Waals surface area contributed by atoms with Crippen molar-refractivity contribution in [3.8, 4) is 11.1 Å². The van der Waals surface area contributed by atoms with Gasteiger partial charge in [-0.1, -0.05) is 153 Å². The summed E-state index contributed by atoms with van der Waals surface area (Å²) in [7, 11) is 0. The molecule has 4 heteroatoms. The predicted molar refractivity (Wildman–Crippen MR) is 257 cm³/mol. The monoisotopic (exact) mass is 803 g/mol. The number of hydrogen-bond acceptors (Lipinski definition) is 4. The molecule has 0 saturated carbocycles. The number of anilines is 1. The van der Waals surface area contributed by atoms with Gasteiger partial charge in [0, 0.05) is 81.1 Å². The summed E-state index contributed by atoms with van der Waals surface area (Å²) in [6, 6.07) is 52.7. The number of benzene rings is 7. The van der Waals surface area contributed by atoms with Crippen molar-refractivity contribution in [3.05, 3.63) is 204 Å². The second-order valence-electron chi connectivity index (χ2n) is 17.5. The fourth-order valence-electron chi connectivity index (χ4n) is 10.8. The molecule has 3 aromatic heterocycles. The Balaban J connectivity index is 0.897. The zero-order valence-electron chi connectivity index (χ0n) is 34.0. The molecule has 0 spiro atoms. The van der Waals surface area contributed by atoms with Crippen molar-refractivity contribution in [2.75, 3.05) is 4.90 Å². The molecule has 3 nitrogen and oxygen atoms in total. The molecule has 0 fully saturated rings. The van der Waals surface area contributed by atoms with E-state index in [0.717, 1.165) is 57.1 Å². The van der Waals surface area contributed by atoms with Crippen LogP contribution in [0, 0.1) is 0 Å². The maximum absolute atomic E-state index is 6.51. The summed E-state index contributed by atoms with van der Waals surface area (Å²) in [5.41, 5.74) is 15.4. The van der Waals surface area contributed by atoms with Gasteiger partial charge in [0.15, 0.2) is 0 Å². The minimum Gasteiger partial charge on any atom is -0.456 e. The molecule has 3 aliphatic rings. The van der Waals surface area contributed by atoms with Gasteiger partial charge in [-0.3, -0.25) is 0 Å². The van der Waals surface area contributed by atoms with Crippen LogP contribution in [-0.4, -0.2) is 6.04 Å². The molecule has 0 bridgehead atoms. The van der Waals surface area contributed by atoms with Gasteiger partial charge < -0.3 is 13.7 Å². The zero-order valence-corrected chi connectivity index (χ0v) is 34.8. The average Bonchev–Trinajstić information content (AvgIpc) is 4.05. The predicted octanol–water partition coefficient (Wildman–Crippen LogP) is 16.0. The first kappa shape index (κ1) is 34.9. The highest BCUT2D eigenvalue weighted by molar-refractivity contribution is 7.26. The molecule has 7 aromatic carbocycles. The number of hydrogen-bond donors (Lipinski definition) is 0. The lowest BCUT2D eigenvalue weighted by Gasteiger charge is -2.38. The number of fused-ring (bicyclic) bond motifs is 12. The summed E-state index contributed by atoms with van der Waals surface area (Å²) in [5, 5.41) is 7.37. The molecule has 2 atom stereocenters. The highest BCUT2D eigenvalue weighted by atomic mass is 32.1. The molecule has 0 radical (unpaired) electrons. The minimum atomic E-state index is -0.0913. The molecule has 13 rings (SSSR count). The Bertz CT molecular complexity index is 3580. The molecule has 10 aromatic rings. The van der Waals surface area contributed by atoms with Crippen LogP contribution in [0.1, 0.15) is 49.3 Å². The lowest BCUT2D eigenvalue weighted by Crippen LogP contribution is -2.36. The van der Waals surface area contributed by atoms with E-state index in [9.17, 15) is 0 Å². The molecule has 0 amide bonds. The topological polar surface area (TPSA) is 29.5 Å². The molecule has 292 valence electrons. The number of furan rings is 2. The van der Waals surface area contributed by atoms with E-state index < -0.39 is 0 Å². The highest BCUT2D eigenvalue weighted by Gasteiger charge is 2.41. The van der Waals surface area contributed by atoms with E-state index in [4.69, 9.17) is 8.83 Å². The Hall–Kier alpha value is -6.88. The second kappa shape index (κ2) is 13.1. The van der Waals surface area contributed by atoms with Crippen molar-refractivity contribution in [3.63, 3.8) is 0 Å². The molecule has 61 heavy (non-hydrogen) atoms. The average molecular weight is 804 g/mol. The van der Waals surface area contributed by atoms with E-state index in [2.05, 4.69) is 189 Å². The lowest BCUT2D eigenvalue weighted by atomic mass is 9.77. The molecule has 3 aliphatic carbocycles. The molecule has 2 unspecified atom stereocenters. The third-order valence-corrected chi connectivity index (χ3v) is 15.1. The van der Waals surface area contributed by atoms with Gasteiger partial charge in [0.2, 0.25) is 0 Å². The first-order valence-electron chi connectivity index (χ1n) is 21.4. The van der Waals surface area contributed by atoms with E-state index in [1.807, 2.05) is 17.4 Å². The number of nitrogens with zero attached hydrogens (tertiary/aromatic N) is 1. The van der Waals surface area contributed by atoms with Crippen LogP contribution >= 0.6 is 11.3 Å². The van der Waals surface area contributed by atoms with Gasteiger partial charge in [0.05, 0.1) is 6.04 Å². The smallest absolute Gasteiger partial charge is 0.143 e. The number of thiophene rings is 1. The Morgan fingerprint density at radius 3 is 2.07 bits per heavy atom. The minimum absolute atomic E-state index is 0.0913. The lowest BCUT2D eigenvalue weighted by molar-refractivity contribution is 0.581. The van der Waals surface area contributed by atoms with Crippen molar-refractivity contribution >= 4 is 86.6 Å². The summed E-state index contributed by atoms with van der Waals surface area (Å²) in [4.78, 5) is 2.58. The fourth-order valence-corrected chi connectivity index (χ4v) is 12.1. The van der Waals surface area contributed by atoms with Gasteiger partial charge in [-0.15, -0.1) is 11.3 Å². The Kier molecular flexibility index (Phi) is 7.48. The van der Waals surface area contributed by atoms with Crippen molar-refractivity contribution in [2.45, 2.75) is 44.1 Å². The third-order valence-electron chi connectivity index (χ3n) is 13.9. The molecule has 0 saturated heterocycles. The highest BCUT2D eigenvalue weighted by Crippen LogP contribution is 2.55. The van der Waals surface area contributed by atoms with Crippen LogP contribution in [0.3, 0.4) is 0 Å². The van der Waals surface area contributed by atoms with E-state index in [0.29, 0.717) is 0 Å². The van der Waals surface area contributed by atoms with Gasteiger partial charge in [-0.2, -0.15) is 0 Å². The molecular formula is C57H41NO2S.